The Bertz CT molecular complexity index is 859. The fraction of sp³-hybridized carbons (Fsp3) is 0.500. The van der Waals surface area contributed by atoms with E-state index in [-0.39, 0.29) is 17.7 Å². The lowest BCUT2D eigenvalue weighted by molar-refractivity contribution is -0.122. The van der Waals surface area contributed by atoms with Crippen molar-refractivity contribution in [2.24, 2.45) is 5.92 Å². The largest absolute Gasteiger partial charge is 0.355 e. The van der Waals surface area contributed by atoms with Crippen molar-refractivity contribution >= 4 is 23.2 Å². The predicted molar refractivity (Wildman–Crippen MR) is 111 cm³/mol. The third-order valence-corrected chi connectivity index (χ3v) is 6.69. The fourth-order valence-electron chi connectivity index (χ4n) is 3.77. The van der Waals surface area contributed by atoms with Gasteiger partial charge in [0.15, 0.2) is 0 Å². The maximum atomic E-state index is 12.9. The normalized spacial score (nSPS) is 19.5. The minimum atomic E-state index is 0.127. The van der Waals surface area contributed by atoms with Gasteiger partial charge in [0.1, 0.15) is 0 Å². The van der Waals surface area contributed by atoms with Crippen molar-refractivity contribution in [2.45, 2.75) is 44.9 Å². The molecule has 1 atom stereocenters. The molecule has 0 unspecified atom stereocenters. The first-order valence-electron chi connectivity index (χ1n) is 10.2. The number of amides is 2. The van der Waals surface area contributed by atoms with Crippen molar-refractivity contribution in [3.05, 3.63) is 51.5 Å². The number of carbonyl (C=O) groups is 2. The van der Waals surface area contributed by atoms with Crippen molar-refractivity contribution in [1.82, 2.24) is 15.2 Å². The zero-order valence-electron chi connectivity index (χ0n) is 16.3. The molecule has 2 heterocycles. The molecule has 1 aliphatic heterocycles. The number of likely N-dealkylation sites (tertiary alicyclic amines) is 1. The molecule has 0 bridgehead atoms. The Kier molecular flexibility index (Phi) is 5.76. The van der Waals surface area contributed by atoms with E-state index < -0.39 is 0 Å². The van der Waals surface area contributed by atoms with Gasteiger partial charge < -0.3 is 10.2 Å². The highest BCUT2D eigenvalue weighted by Crippen LogP contribution is 2.31. The van der Waals surface area contributed by atoms with Gasteiger partial charge in [-0.05, 0) is 44.2 Å². The number of aromatic nitrogens is 1. The van der Waals surface area contributed by atoms with Crippen LogP contribution in [0.4, 0.5) is 0 Å². The van der Waals surface area contributed by atoms with E-state index in [1.54, 1.807) is 11.3 Å². The summed E-state index contributed by atoms with van der Waals surface area (Å²) in [5, 5.41) is 6.21. The smallest absolute Gasteiger partial charge is 0.254 e. The molecule has 1 N–H and O–H groups in total. The second-order valence-electron chi connectivity index (χ2n) is 7.90. The molecule has 2 aromatic rings. The number of carbonyl (C=O) groups excluding carboxylic acids is 2. The second-order valence-corrected chi connectivity index (χ2v) is 8.79. The van der Waals surface area contributed by atoms with E-state index in [2.05, 4.69) is 10.7 Å². The molecule has 1 aliphatic carbocycles. The molecule has 5 nitrogen and oxygen atoms in total. The lowest BCUT2D eigenvalue weighted by atomic mass is 9.97. The van der Waals surface area contributed by atoms with Crippen molar-refractivity contribution in [1.29, 1.82) is 0 Å². The Morgan fingerprint density at radius 2 is 2.07 bits per heavy atom. The highest BCUT2D eigenvalue weighted by atomic mass is 32.1. The van der Waals surface area contributed by atoms with Gasteiger partial charge >= 0.3 is 0 Å². The monoisotopic (exact) mass is 397 g/mol. The van der Waals surface area contributed by atoms with E-state index >= 15 is 0 Å². The van der Waals surface area contributed by atoms with Crippen LogP contribution in [-0.4, -0.2) is 41.3 Å². The van der Waals surface area contributed by atoms with Crippen LogP contribution in [0.5, 0.6) is 0 Å². The van der Waals surface area contributed by atoms with Gasteiger partial charge in [0.2, 0.25) is 5.91 Å². The first-order chi connectivity index (χ1) is 13.6. The molecule has 2 amide bonds. The van der Waals surface area contributed by atoms with E-state index in [0.717, 1.165) is 67.0 Å². The highest BCUT2D eigenvalue weighted by molar-refractivity contribution is 7.09. The maximum Gasteiger partial charge on any atom is 0.254 e. The van der Waals surface area contributed by atoms with Crippen molar-refractivity contribution < 1.29 is 9.59 Å². The van der Waals surface area contributed by atoms with E-state index in [9.17, 15) is 9.59 Å². The molecule has 4 rings (SSSR count). The van der Waals surface area contributed by atoms with Gasteiger partial charge in [0.05, 0.1) is 10.7 Å². The van der Waals surface area contributed by atoms with Crippen molar-refractivity contribution in [3.8, 4) is 0 Å². The van der Waals surface area contributed by atoms with Crippen LogP contribution in [0.25, 0.3) is 0 Å². The number of hydrogen-bond acceptors (Lipinski definition) is 4. The molecule has 6 heteroatoms. The molecule has 2 aliphatic rings. The summed E-state index contributed by atoms with van der Waals surface area (Å²) in [7, 11) is 0. The molecule has 1 aromatic carbocycles. The van der Waals surface area contributed by atoms with Crippen LogP contribution in [0.1, 0.15) is 58.2 Å². The summed E-state index contributed by atoms with van der Waals surface area (Å²) in [6.45, 7) is 4.19. The standard InChI is InChI=1S/C22H27N3O2S/c1-15-5-2-3-7-19(15)22(27)25-12-4-6-17(13-25)21-24-18(14-28-21)10-11-23-20(26)16-8-9-16/h2-3,5,7,14,16-17H,4,6,8-13H2,1H3,(H,23,26)/t17-/m1/s1. The average Bonchev–Trinajstić information content (AvgIpc) is 3.47. The third-order valence-electron chi connectivity index (χ3n) is 5.63. The maximum absolute atomic E-state index is 12.9. The Morgan fingerprint density at radius 3 is 2.86 bits per heavy atom. The number of aryl methyl sites for hydroxylation is 1. The van der Waals surface area contributed by atoms with Crippen LogP contribution in [0.15, 0.2) is 29.6 Å². The van der Waals surface area contributed by atoms with E-state index in [4.69, 9.17) is 4.98 Å². The van der Waals surface area contributed by atoms with E-state index in [1.807, 2.05) is 36.1 Å². The molecule has 1 saturated heterocycles. The fourth-order valence-corrected chi connectivity index (χ4v) is 4.76. The van der Waals surface area contributed by atoms with E-state index in [0.29, 0.717) is 12.5 Å². The summed E-state index contributed by atoms with van der Waals surface area (Å²) in [5.41, 5.74) is 2.87. The second kappa shape index (κ2) is 8.43. The van der Waals surface area contributed by atoms with Gasteiger partial charge in [-0.2, -0.15) is 0 Å². The van der Waals surface area contributed by atoms with Crippen LogP contribution < -0.4 is 5.32 Å². The lowest BCUT2D eigenvalue weighted by Gasteiger charge is -2.32. The van der Waals surface area contributed by atoms with Gasteiger partial charge in [-0.3, -0.25) is 9.59 Å². The Balaban J connectivity index is 1.34. The first kappa shape index (κ1) is 19.1. The quantitative estimate of drug-likeness (QED) is 0.811. The molecular weight excluding hydrogens is 370 g/mol. The molecule has 148 valence electrons. The molecule has 1 saturated carbocycles. The highest BCUT2D eigenvalue weighted by Gasteiger charge is 2.29. The number of nitrogens with one attached hydrogen (secondary N) is 1. The van der Waals surface area contributed by atoms with Crippen LogP contribution in [0.3, 0.4) is 0 Å². The van der Waals surface area contributed by atoms with Gasteiger partial charge in [0.25, 0.3) is 5.91 Å². The zero-order valence-corrected chi connectivity index (χ0v) is 17.1. The summed E-state index contributed by atoms with van der Waals surface area (Å²) < 4.78 is 0. The topological polar surface area (TPSA) is 62.3 Å². The van der Waals surface area contributed by atoms with Gasteiger partial charge in [0, 0.05) is 48.8 Å². The molecule has 28 heavy (non-hydrogen) atoms. The summed E-state index contributed by atoms with van der Waals surface area (Å²) in [4.78, 5) is 31.4. The number of nitrogens with zero attached hydrogens (tertiary/aromatic N) is 2. The minimum Gasteiger partial charge on any atom is -0.355 e. The number of rotatable bonds is 6. The van der Waals surface area contributed by atoms with Crippen LogP contribution in [-0.2, 0) is 11.2 Å². The van der Waals surface area contributed by atoms with Gasteiger partial charge in [-0.25, -0.2) is 4.98 Å². The number of hydrogen-bond donors (Lipinski definition) is 1. The first-order valence-corrected chi connectivity index (χ1v) is 11.1. The van der Waals surface area contributed by atoms with E-state index in [1.165, 1.54) is 0 Å². The summed E-state index contributed by atoms with van der Waals surface area (Å²) in [5.74, 6) is 0.877. The third kappa shape index (κ3) is 4.43. The minimum absolute atomic E-state index is 0.127. The Hall–Kier alpha value is -2.21. The van der Waals surface area contributed by atoms with Crippen LogP contribution in [0.2, 0.25) is 0 Å². The van der Waals surface area contributed by atoms with Crippen molar-refractivity contribution in [2.75, 3.05) is 19.6 Å². The average molecular weight is 398 g/mol. The molecule has 0 radical (unpaired) electrons. The predicted octanol–water partition coefficient (Wildman–Crippen LogP) is 3.54. The Morgan fingerprint density at radius 1 is 1.25 bits per heavy atom. The van der Waals surface area contributed by atoms with Crippen LogP contribution >= 0.6 is 11.3 Å². The molecule has 2 fully saturated rings. The zero-order chi connectivity index (χ0) is 19.5. The van der Waals surface area contributed by atoms with Gasteiger partial charge in [-0.15, -0.1) is 11.3 Å². The molecule has 0 spiro atoms. The van der Waals surface area contributed by atoms with Crippen molar-refractivity contribution in [3.63, 3.8) is 0 Å². The lowest BCUT2D eigenvalue weighted by Crippen LogP contribution is -2.39. The molecular formula is C22H27N3O2S. The summed E-state index contributed by atoms with van der Waals surface area (Å²) in [6, 6.07) is 7.80. The Labute approximate surface area is 170 Å². The summed E-state index contributed by atoms with van der Waals surface area (Å²) in [6.07, 6.45) is 4.92. The van der Waals surface area contributed by atoms with Gasteiger partial charge in [-0.1, -0.05) is 18.2 Å². The molecule has 1 aromatic heterocycles. The number of benzene rings is 1. The SMILES string of the molecule is Cc1ccccc1C(=O)N1CCC[C@@H](c2nc(CCNC(=O)C3CC3)cs2)C1. The number of piperidine rings is 1. The number of thiazole rings is 1. The summed E-state index contributed by atoms with van der Waals surface area (Å²) >= 11 is 1.68. The van der Waals surface area contributed by atoms with Crippen LogP contribution in [0, 0.1) is 12.8 Å².